The van der Waals surface area contributed by atoms with Crippen LogP contribution < -0.4 is 10.2 Å². The second-order valence-corrected chi connectivity index (χ2v) is 4.27. The standard InChI is InChI=1S/C12H21N3O/c1-5-6-9-13-12(16)10-7-8-11(14(2)3)15(10)4/h7-8H,5-6,9H2,1-4H3,(H,13,16)/p+1. The fourth-order valence-electron chi connectivity index (χ4n) is 1.71. The van der Waals surface area contributed by atoms with Crippen LogP contribution in [0.4, 0.5) is 5.82 Å². The van der Waals surface area contributed by atoms with Crippen LogP contribution in [0.15, 0.2) is 12.1 Å². The van der Waals surface area contributed by atoms with Gasteiger partial charge in [0.05, 0.1) is 14.1 Å². The van der Waals surface area contributed by atoms with Crippen molar-refractivity contribution in [1.82, 2.24) is 9.88 Å². The Bertz CT molecular complexity index is 355. The Morgan fingerprint density at radius 1 is 1.44 bits per heavy atom. The first-order chi connectivity index (χ1) is 7.57. The molecular weight excluding hydrogens is 202 g/mol. The van der Waals surface area contributed by atoms with Crippen LogP contribution in [0.2, 0.25) is 0 Å². The van der Waals surface area contributed by atoms with Gasteiger partial charge in [0.2, 0.25) is 5.82 Å². The maximum atomic E-state index is 11.8. The van der Waals surface area contributed by atoms with Crippen LogP contribution in [-0.2, 0) is 7.05 Å². The van der Waals surface area contributed by atoms with Gasteiger partial charge in [0.25, 0.3) is 5.91 Å². The fourth-order valence-corrected chi connectivity index (χ4v) is 1.71. The minimum absolute atomic E-state index is 0.0171. The van der Waals surface area contributed by atoms with Crippen molar-refractivity contribution in [3.05, 3.63) is 17.8 Å². The number of hydrogen-bond donors (Lipinski definition) is 2. The van der Waals surface area contributed by atoms with Crippen LogP contribution in [0.3, 0.4) is 0 Å². The third-order valence-corrected chi connectivity index (χ3v) is 2.68. The Labute approximate surface area is 97.2 Å². The van der Waals surface area contributed by atoms with E-state index in [1.807, 2.05) is 37.8 Å². The van der Waals surface area contributed by atoms with Gasteiger partial charge in [-0.1, -0.05) is 13.3 Å². The number of aromatic nitrogens is 1. The molecule has 1 aromatic heterocycles. The zero-order valence-corrected chi connectivity index (χ0v) is 10.6. The number of hydrogen-bond acceptors (Lipinski definition) is 1. The lowest BCUT2D eigenvalue weighted by atomic mass is 10.3. The summed E-state index contributed by atoms with van der Waals surface area (Å²) in [7, 11) is 6.03. The van der Waals surface area contributed by atoms with Crippen molar-refractivity contribution in [2.75, 3.05) is 20.6 Å². The first kappa shape index (κ1) is 12.8. The molecule has 1 rings (SSSR count). The Balaban J connectivity index is 2.69. The summed E-state index contributed by atoms with van der Waals surface area (Å²) in [5.74, 6) is 1.13. The van der Waals surface area contributed by atoms with Crippen LogP contribution in [0.5, 0.6) is 0 Å². The minimum Gasteiger partial charge on any atom is -0.351 e. The molecule has 0 unspecified atom stereocenters. The van der Waals surface area contributed by atoms with Crippen molar-refractivity contribution in [3.8, 4) is 0 Å². The van der Waals surface area contributed by atoms with Gasteiger partial charge in [0.1, 0.15) is 5.69 Å². The van der Waals surface area contributed by atoms with E-state index in [0.29, 0.717) is 0 Å². The molecule has 2 N–H and O–H groups in total. The molecule has 0 atom stereocenters. The lowest BCUT2D eigenvalue weighted by Crippen LogP contribution is -3.00. The van der Waals surface area contributed by atoms with Crippen LogP contribution in [0.25, 0.3) is 0 Å². The maximum Gasteiger partial charge on any atom is 0.268 e. The summed E-state index contributed by atoms with van der Waals surface area (Å²) in [6, 6.07) is 3.87. The van der Waals surface area contributed by atoms with Crippen molar-refractivity contribution in [1.29, 1.82) is 0 Å². The third-order valence-electron chi connectivity index (χ3n) is 2.68. The predicted molar refractivity (Wildman–Crippen MR) is 65.1 cm³/mol. The van der Waals surface area contributed by atoms with Gasteiger partial charge in [-0.15, -0.1) is 0 Å². The van der Waals surface area contributed by atoms with Crippen molar-refractivity contribution in [2.24, 2.45) is 7.05 Å². The number of unbranched alkanes of at least 4 members (excludes halogenated alkanes) is 1. The van der Waals surface area contributed by atoms with E-state index in [2.05, 4.69) is 12.2 Å². The van der Waals surface area contributed by atoms with E-state index < -0.39 is 0 Å². The summed E-state index contributed by atoms with van der Waals surface area (Å²) in [4.78, 5) is 13.1. The summed E-state index contributed by atoms with van der Waals surface area (Å²) >= 11 is 0. The SMILES string of the molecule is CCCCNC(=O)c1ccc([NH+](C)C)n1C. The summed E-state index contributed by atoms with van der Waals surface area (Å²) in [5.41, 5.74) is 0.729. The molecule has 1 amide bonds. The Morgan fingerprint density at radius 2 is 2.12 bits per heavy atom. The van der Waals surface area contributed by atoms with E-state index in [1.54, 1.807) is 0 Å². The fraction of sp³-hybridized carbons (Fsp3) is 0.583. The van der Waals surface area contributed by atoms with E-state index in [9.17, 15) is 4.79 Å². The summed E-state index contributed by atoms with van der Waals surface area (Å²) in [6.45, 7) is 2.87. The lowest BCUT2D eigenvalue weighted by Gasteiger charge is -2.09. The normalized spacial score (nSPS) is 10.8. The molecule has 0 radical (unpaired) electrons. The average molecular weight is 224 g/mol. The molecule has 1 aromatic rings. The van der Waals surface area contributed by atoms with Gasteiger partial charge in [-0.2, -0.15) is 0 Å². The lowest BCUT2D eigenvalue weighted by molar-refractivity contribution is -0.790. The Hall–Kier alpha value is -1.29. The van der Waals surface area contributed by atoms with Gasteiger partial charge < -0.3 is 5.32 Å². The molecule has 0 bridgehead atoms. The molecule has 0 aliphatic carbocycles. The molecule has 0 saturated heterocycles. The van der Waals surface area contributed by atoms with E-state index in [0.717, 1.165) is 30.9 Å². The van der Waals surface area contributed by atoms with Crippen molar-refractivity contribution in [2.45, 2.75) is 19.8 Å². The predicted octanol–water partition coefficient (Wildman–Crippen LogP) is 0.331. The van der Waals surface area contributed by atoms with Crippen LogP contribution in [0.1, 0.15) is 30.3 Å². The number of nitrogens with one attached hydrogen (secondary N) is 2. The average Bonchev–Trinajstić information content (AvgIpc) is 2.60. The van der Waals surface area contributed by atoms with E-state index in [1.165, 1.54) is 4.90 Å². The van der Waals surface area contributed by atoms with E-state index in [-0.39, 0.29) is 5.91 Å². The van der Waals surface area contributed by atoms with Crippen molar-refractivity contribution < 1.29 is 9.69 Å². The summed E-state index contributed by atoms with van der Waals surface area (Å²) in [6.07, 6.45) is 2.13. The molecule has 4 heteroatoms. The molecule has 4 nitrogen and oxygen atoms in total. The molecule has 0 spiro atoms. The maximum absolute atomic E-state index is 11.8. The van der Waals surface area contributed by atoms with E-state index >= 15 is 0 Å². The van der Waals surface area contributed by atoms with Crippen LogP contribution >= 0.6 is 0 Å². The van der Waals surface area contributed by atoms with Gasteiger partial charge in [-0.05, 0) is 12.5 Å². The number of rotatable bonds is 5. The van der Waals surface area contributed by atoms with Crippen LogP contribution in [-0.4, -0.2) is 31.1 Å². The van der Waals surface area contributed by atoms with Gasteiger partial charge >= 0.3 is 0 Å². The number of nitrogens with zero attached hydrogens (tertiary/aromatic N) is 1. The summed E-state index contributed by atoms with van der Waals surface area (Å²) < 4.78 is 1.94. The smallest absolute Gasteiger partial charge is 0.268 e. The third kappa shape index (κ3) is 2.85. The topological polar surface area (TPSA) is 38.5 Å². The molecule has 0 aromatic carbocycles. The molecule has 90 valence electrons. The molecule has 1 heterocycles. The van der Waals surface area contributed by atoms with Gasteiger partial charge in [0.15, 0.2) is 0 Å². The highest BCUT2D eigenvalue weighted by atomic mass is 16.1. The van der Waals surface area contributed by atoms with Gasteiger partial charge in [0, 0.05) is 19.7 Å². The number of quaternary nitrogens is 1. The molecular formula is C12H22N3O+. The van der Waals surface area contributed by atoms with Crippen molar-refractivity contribution in [3.63, 3.8) is 0 Å². The van der Waals surface area contributed by atoms with E-state index in [4.69, 9.17) is 0 Å². The second kappa shape index (κ2) is 5.70. The summed E-state index contributed by atoms with van der Waals surface area (Å²) in [5, 5.41) is 2.92. The highest BCUT2D eigenvalue weighted by Crippen LogP contribution is 2.07. The Morgan fingerprint density at radius 3 is 2.62 bits per heavy atom. The number of carbonyl (C=O) groups is 1. The van der Waals surface area contributed by atoms with Crippen molar-refractivity contribution >= 4 is 11.7 Å². The molecule has 0 fully saturated rings. The van der Waals surface area contributed by atoms with Gasteiger partial charge in [-0.3, -0.25) is 14.3 Å². The largest absolute Gasteiger partial charge is 0.351 e. The zero-order chi connectivity index (χ0) is 12.1. The monoisotopic (exact) mass is 224 g/mol. The quantitative estimate of drug-likeness (QED) is 0.695. The highest BCUT2D eigenvalue weighted by Gasteiger charge is 2.15. The zero-order valence-electron chi connectivity index (χ0n) is 10.6. The van der Waals surface area contributed by atoms with Crippen LogP contribution in [0, 0.1) is 0 Å². The Kier molecular flexibility index (Phi) is 4.55. The highest BCUT2D eigenvalue weighted by molar-refractivity contribution is 5.93. The molecule has 0 aliphatic heterocycles. The minimum atomic E-state index is 0.0171. The molecule has 0 aliphatic rings. The second-order valence-electron chi connectivity index (χ2n) is 4.27. The first-order valence-corrected chi connectivity index (χ1v) is 5.82. The number of amides is 1. The molecule has 16 heavy (non-hydrogen) atoms. The molecule has 0 saturated carbocycles. The first-order valence-electron chi connectivity index (χ1n) is 5.82. The van der Waals surface area contributed by atoms with Gasteiger partial charge in [-0.25, -0.2) is 0 Å². The number of carbonyl (C=O) groups excluding carboxylic acids is 1.